The number of rotatable bonds is 7. The van der Waals surface area contributed by atoms with E-state index >= 15 is 0 Å². The number of likely N-dealkylation sites (tertiary alicyclic amines) is 1. The molecule has 3 rings (SSSR count). The molecule has 142 valence electrons. The third kappa shape index (κ3) is 4.34. The number of amides is 1. The van der Waals surface area contributed by atoms with E-state index in [-0.39, 0.29) is 11.9 Å². The minimum absolute atomic E-state index is 0.138. The van der Waals surface area contributed by atoms with E-state index in [1.807, 2.05) is 34.6 Å². The van der Waals surface area contributed by atoms with Crippen LogP contribution in [0.4, 0.5) is 0 Å². The summed E-state index contributed by atoms with van der Waals surface area (Å²) in [5, 5.41) is 8.94. The lowest BCUT2D eigenvalue weighted by Gasteiger charge is -2.36. The fourth-order valence-electron chi connectivity index (χ4n) is 3.83. The van der Waals surface area contributed by atoms with Crippen molar-refractivity contribution in [3.8, 4) is 0 Å². The van der Waals surface area contributed by atoms with Crippen LogP contribution in [0.25, 0.3) is 0 Å². The van der Waals surface area contributed by atoms with E-state index < -0.39 is 0 Å². The Morgan fingerprint density at radius 3 is 2.88 bits per heavy atom. The van der Waals surface area contributed by atoms with Gasteiger partial charge in [0.1, 0.15) is 5.69 Å². The van der Waals surface area contributed by atoms with Crippen LogP contribution >= 0.6 is 0 Å². The van der Waals surface area contributed by atoms with Crippen LogP contribution in [0, 0.1) is 5.92 Å². The molecule has 0 N–H and O–H groups in total. The molecule has 0 aliphatic carbocycles. The minimum atomic E-state index is 0.138. The van der Waals surface area contributed by atoms with E-state index in [0.717, 1.165) is 56.7 Å². The largest absolute Gasteiger partial charge is 0.334 e. The predicted molar refractivity (Wildman–Crippen MR) is 102 cm³/mol. The van der Waals surface area contributed by atoms with Crippen LogP contribution in [0.1, 0.15) is 62.6 Å². The number of carbonyl (C=O) groups is 1. The van der Waals surface area contributed by atoms with Crippen LogP contribution in [0.3, 0.4) is 0 Å². The maximum Gasteiger partial charge on any atom is 0.272 e. The van der Waals surface area contributed by atoms with Gasteiger partial charge in [-0.3, -0.25) is 14.2 Å². The maximum atomic E-state index is 13.3. The molecular weight excluding hydrogens is 326 g/mol. The lowest BCUT2D eigenvalue weighted by atomic mass is 9.98. The molecule has 0 aromatic carbocycles. The number of nitrogens with zero attached hydrogens (tertiary/aromatic N) is 5. The first-order chi connectivity index (χ1) is 12.6. The number of hydrogen-bond acceptors (Lipinski definition) is 3. The second-order valence-electron chi connectivity index (χ2n) is 7.64. The van der Waals surface area contributed by atoms with Crippen molar-refractivity contribution in [2.45, 2.75) is 72.0 Å². The number of aromatic nitrogens is 4. The van der Waals surface area contributed by atoms with Gasteiger partial charge in [-0.25, -0.2) is 0 Å². The Balaban J connectivity index is 1.74. The molecule has 0 saturated carbocycles. The summed E-state index contributed by atoms with van der Waals surface area (Å²) in [7, 11) is 0. The molecule has 3 heterocycles. The van der Waals surface area contributed by atoms with Gasteiger partial charge in [-0.15, -0.1) is 0 Å². The predicted octanol–water partition coefficient (Wildman–Crippen LogP) is 3.38. The average Bonchev–Trinajstić information content (AvgIpc) is 3.28. The summed E-state index contributed by atoms with van der Waals surface area (Å²) < 4.78 is 3.83. The third-order valence-corrected chi connectivity index (χ3v) is 5.11. The van der Waals surface area contributed by atoms with E-state index in [9.17, 15) is 4.79 Å². The van der Waals surface area contributed by atoms with E-state index in [1.54, 1.807) is 6.20 Å². The Morgan fingerprint density at radius 2 is 2.19 bits per heavy atom. The van der Waals surface area contributed by atoms with Crippen LogP contribution in [0.2, 0.25) is 0 Å². The molecule has 0 bridgehead atoms. The second kappa shape index (κ2) is 8.52. The highest BCUT2D eigenvalue weighted by atomic mass is 16.2. The van der Waals surface area contributed by atoms with Gasteiger partial charge in [0.05, 0.1) is 5.69 Å². The van der Waals surface area contributed by atoms with Crippen LogP contribution in [-0.4, -0.2) is 43.0 Å². The summed E-state index contributed by atoms with van der Waals surface area (Å²) in [5.41, 5.74) is 1.77. The maximum absolute atomic E-state index is 13.3. The number of carbonyl (C=O) groups excluding carboxylic acids is 1. The van der Waals surface area contributed by atoms with Gasteiger partial charge < -0.3 is 4.90 Å². The van der Waals surface area contributed by atoms with Gasteiger partial charge in [0, 0.05) is 38.1 Å². The molecular formula is C20H31N5O. The fraction of sp³-hybridized carbons (Fsp3) is 0.650. The Hall–Kier alpha value is -2.11. The molecule has 6 heteroatoms. The quantitative estimate of drug-likeness (QED) is 0.763. The van der Waals surface area contributed by atoms with Gasteiger partial charge in [0.25, 0.3) is 5.91 Å². The van der Waals surface area contributed by atoms with Gasteiger partial charge in [0.2, 0.25) is 0 Å². The zero-order chi connectivity index (χ0) is 18.5. The molecule has 0 spiro atoms. The third-order valence-electron chi connectivity index (χ3n) is 5.11. The number of aryl methyl sites for hydroxylation is 2. The summed E-state index contributed by atoms with van der Waals surface area (Å²) in [4.78, 5) is 15.4. The van der Waals surface area contributed by atoms with E-state index in [1.165, 1.54) is 6.42 Å². The first-order valence-corrected chi connectivity index (χ1v) is 9.93. The molecule has 0 radical (unpaired) electrons. The summed E-state index contributed by atoms with van der Waals surface area (Å²) in [6.07, 6.45) is 9.01. The summed E-state index contributed by atoms with van der Waals surface area (Å²) in [6.45, 7) is 8.84. The molecule has 26 heavy (non-hydrogen) atoms. The normalized spacial score (nSPS) is 17.8. The van der Waals surface area contributed by atoms with Crippen molar-refractivity contribution in [1.82, 2.24) is 24.5 Å². The lowest BCUT2D eigenvalue weighted by Crippen LogP contribution is -2.44. The van der Waals surface area contributed by atoms with Crippen LogP contribution in [0.5, 0.6) is 0 Å². The zero-order valence-electron chi connectivity index (χ0n) is 16.3. The number of piperidine rings is 1. The topological polar surface area (TPSA) is 56.0 Å². The van der Waals surface area contributed by atoms with Gasteiger partial charge in [0.15, 0.2) is 0 Å². The highest BCUT2D eigenvalue weighted by molar-refractivity contribution is 5.93. The lowest BCUT2D eigenvalue weighted by molar-refractivity contribution is 0.0581. The molecule has 6 nitrogen and oxygen atoms in total. The summed E-state index contributed by atoms with van der Waals surface area (Å²) in [6, 6.07) is 4.24. The average molecular weight is 358 g/mol. The van der Waals surface area contributed by atoms with Gasteiger partial charge in [-0.1, -0.05) is 13.8 Å². The minimum Gasteiger partial charge on any atom is -0.334 e. The Morgan fingerprint density at radius 1 is 1.35 bits per heavy atom. The smallest absolute Gasteiger partial charge is 0.272 e. The van der Waals surface area contributed by atoms with Crippen LogP contribution < -0.4 is 0 Å². The highest BCUT2D eigenvalue weighted by Crippen LogP contribution is 2.23. The van der Waals surface area contributed by atoms with E-state index in [2.05, 4.69) is 28.9 Å². The molecule has 1 fully saturated rings. The van der Waals surface area contributed by atoms with Crippen molar-refractivity contribution in [2.75, 3.05) is 6.54 Å². The molecule has 1 saturated heterocycles. The Kier molecular flexibility index (Phi) is 6.12. The first kappa shape index (κ1) is 18.7. The van der Waals surface area contributed by atoms with Crippen LogP contribution in [0.15, 0.2) is 24.5 Å². The van der Waals surface area contributed by atoms with Gasteiger partial charge in [-0.2, -0.15) is 10.2 Å². The number of hydrogen-bond donors (Lipinski definition) is 0. The van der Waals surface area contributed by atoms with Crippen molar-refractivity contribution in [2.24, 2.45) is 5.92 Å². The van der Waals surface area contributed by atoms with Gasteiger partial charge >= 0.3 is 0 Å². The SMILES string of the molecule is CCn1nc(CC(C)C)cc1C(=O)N1CCCC[C@@H]1CCn1cccn1. The fourth-order valence-corrected chi connectivity index (χ4v) is 3.83. The molecule has 1 atom stereocenters. The highest BCUT2D eigenvalue weighted by Gasteiger charge is 2.29. The summed E-state index contributed by atoms with van der Waals surface area (Å²) in [5.74, 6) is 0.675. The van der Waals surface area contributed by atoms with E-state index in [0.29, 0.717) is 5.92 Å². The first-order valence-electron chi connectivity index (χ1n) is 9.93. The molecule has 2 aromatic heterocycles. The molecule has 2 aromatic rings. The van der Waals surface area contributed by atoms with Crippen molar-refractivity contribution < 1.29 is 4.79 Å². The van der Waals surface area contributed by atoms with Crippen LogP contribution in [-0.2, 0) is 19.5 Å². The second-order valence-corrected chi connectivity index (χ2v) is 7.64. The summed E-state index contributed by atoms with van der Waals surface area (Å²) >= 11 is 0. The van der Waals surface area contributed by atoms with Crippen molar-refractivity contribution in [3.63, 3.8) is 0 Å². The molecule has 1 aliphatic rings. The Labute approximate surface area is 156 Å². The van der Waals surface area contributed by atoms with Crippen molar-refractivity contribution in [1.29, 1.82) is 0 Å². The molecule has 1 amide bonds. The van der Waals surface area contributed by atoms with E-state index in [4.69, 9.17) is 0 Å². The standard InChI is InChI=1S/C20H31N5O/c1-4-25-19(15-17(22-25)14-16(2)3)20(26)24-12-6-5-8-18(24)9-13-23-11-7-10-21-23/h7,10-11,15-16,18H,4-6,8-9,12-14H2,1-3H3/t18-/m1/s1. The monoisotopic (exact) mass is 357 g/mol. The van der Waals surface area contributed by atoms with Crippen molar-refractivity contribution >= 4 is 5.91 Å². The zero-order valence-corrected chi connectivity index (χ0v) is 16.3. The molecule has 0 unspecified atom stereocenters. The Bertz CT molecular complexity index is 704. The van der Waals surface area contributed by atoms with Gasteiger partial charge in [-0.05, 0) is 57.1 Å². The van der Waals surface area contributed by atoms with Crippen molar-refractivity contribution in [3.05, 3.63) is 35.9 Å². The molecule has 1 aliphatic heterocycles.